The first kappa shape index (κ1) is 14.2. The van der Waals surface area contributed by atoms with Gasteiger partial charge in [-0.15, -0.1) is 11.3 Å². The lowest BCUT2D eigenvalue weighted by Gasteiger charge is -2.25. The molecular formula is C13H21NO2S. The quantitative estimate of drug-likeness (QED) is 0.814. The van der Waals surface area contributed by atoms with Crippen LogP contribution in [0.4, 0.5) is 0 Å². The molecule has 0 radical (unpaired) electrons. The van der Waals surface area contributed by atoms with Crippen LogP contribution in [0.5, 0.6) is 0 Å². The minimum Gasteiger partial charge on any atom is -0.480 e. The lowest BCUT2D eigenvalue weighted by molar-refractivity contribution is -0.139. The molecule has 0 fully saturated rings. The van der Waals surface area contributed by atoms with Crippen LogP contribution in [0.25, 0.3) is 0 Å². The number of thiophene rings is 1. The number of rotatable bonds is 7. The van der Waals surface area contributed by atoms with E-state index in [2.05, 4.69) is 32.9 Å². The fourth-order valence-corrected chi connectivity index (χ4v) is 2.68. The van der Waals surface area contributed by atoms with Gasteiger partial charge in [0.05, 0.1) is 6.54 Å². The number of nitrogens with zero attached hydrogens (tertiary/aromatic N) is 1. The number of aryl methyl sites for hydroxylation is 1. The number of hydrogen-bond acceptors (Lipinski definition) is 3. The Morgan fingerprint density at radius 1 is 1.41 bits per heavy atom. The third-order valence-corrected chi connectivity index (χ3v) is 4.19. The van der Waals surface area contributed by atoms with Crippen molar-refractivity contribution in [3.05, 3.63) is 21.9 Å². The first-order valence-electron chi connectivity index (χ1n) is 6.10. The van der Waals surface area contributed by atoms with Gasteiger partial charge < -0.3 is 5.11 Å². The van der Waals surface area contributed by atoms with Gasteiger partial charge in [0.1, 0.15) is 0 Å². The van der Waals surface area contributed by atoms with Gasteiger partial charge >= 0.3 is 5.97 Å². The lowest BCUT2D eigenvalue weighted by Crippen LogP contribution is -2.36. The van der Waals surface area contributed by atoms with Crippen LogP contribution in [0.15, 0.2) is 12.1 Å². The second-order valence-electron chi connectivity index (χ2n) is 4.28. The van der Waals surface area contributed by atoms with Crippen LogP contribution in [0.1, 0.15) is 36.9 Å². The van der Waals surface area contributed by atoms with Crippen LogP contribution in [-0.2, 0) is 17.8 Å². The van der Waals surface area contributed by atoms with Crippen molar-refractivity contribution in [3.8, 4) is 0 Å². The van der Waals surface area contributed by atoms with Crippen LogP contribution in [0.3, 0.4) is 0 Å². The fraction of sp³-hybridized carbons (Fsp3) is 0.615. The number of carboxylic acid groups (broad SMARTS) is 1. The molecule has 0 spiro atoms. The third kappa shape index (κ3) is 4.48. The monoisotopic (exact) mass is 255 g/mol. The maximum Gasteiger partial charge on any atom is 0.317 e. The van der Waals surface area contributed by atoms with E-state index >= 15 is 0 Å². The van der Waals surface area contributed by atoms with E-state index in [0.29, 0.717) is 6.04 Å². The molecule has 1 rings (SSSR count). The summed E-state index contributed by atoms with van der Waals surface area (Å²) in [4.78, 5) is 15.5. The molecule has 1 atom stereocenters. The zero-order valence-corrected chi connectivity index (χ0v) is 11.6. The standard InChI is InChI=1S/C13H21NO2S/c1-4-10(3)14(9-13(15)16)8-12-7-6-11(5-2)17-12/h6-7,10H,4-5,8-9H2,1-3H3,(H,15,16). The Balaban J connectivity index is 2.67. The van der Waals surface area contributed by atoms with Crippen molar-refractivity contribution in [3.63, 3.8) is 0 Å². The van der Waals surface area contributed by atoms with Gasteiger partial charge in [-0.3, -0.25) is 9.69 Å². The Labute approximate surface area is 107 Å². The van der Waals surface area contributed by atoms with E-state index in [-0.39, 0.29) is 6.54 Å². The highest BCUT2D eigenvalue weighted by atomic mass is 32.1. The van der Waals surface area contributed by atoms with Crippen molar-refractivity contribution in [2.45, 2.75) is 46.2 Å². The average molecular weight is 255 g/mol. The van der Waals surface area contributed by atoms with Crippen molar-refractivity contribution < 1.29 is 9.90 Å². The predicted octanol–water partition coefficient (Wildman–Crippen LogP) is 3.00. The number of hydrogen-bond donors (Lipinski definition) is 1. The van der Waals surface area contributed by atoms with Crippen molar-refractivity contribution >= 4 is 17.3 Å². The highest BCUT2D eigenvalue weighted by Crippen LogP contribution is 2.20. The van der Waals surface area contributed by atoms with Gasteiger partial charge in [0, 0.05) is 22.3 Å². The van der Waals surface area contributed by atoms with E-state index in [1.807, 2.05) is 4.90 Å². The molecule has 0 aromatic carbocycles. The van der Waals surface area contributed by atoms with Gasteiger partial charge in [-0.05, 0) is 31.9 Å². The molecule has 1 heterocycles. The van der Waals surface area contributed by atoms with E-state index in [1.54, 1.807) is 11.3 Å². The van der Waals surface area contributed by atoms with Crippen LogP contribution < -0.4 is 0 Å². The molecule has 1 aromatic heterocycles. The molecule has 0 aliphatic heterocycles. The van der Waals surface area contributed by atoms with Crippen LogP contribution in [0, 0.1) is 0 Å². The molecule has 3 nitrogen and oxygen atoms in total. The maximum absolute atomic E-state index is 10.8. The topological polar surface area (TPSA) is 40.5 Å². The van der Waals surface area contributed by atoms with Gasteiger partial charge in [-0.25, -0.2) is 0 Å². The number of aliphatic carboxylic acids is 1. The van der Waals surface area contributed by atoms with Crippen molar-refractivity contribution in [1.29, 1.82) is 0 Å². The average Bonchev–Trinajstić information content (AvgIpc) is 2.74. The zero-order chi connectivity index (χ0) is 12.8. The Morgan fingerprint density at radius 2 is 2.06 bits per heavy atom. The predicted molar refractivity (Wildman–Crippen MR) is 71.5 cm³/mol. The molecule has 1 unspecified atom stereocenters. The van der Waals surface area contributed by atoms with Gasteiger partial charge in [0.15, 0.2) is 0 Å². The SMILES string of the molecule is CCc1ccc(CN(CC(=O)O)C(C)CC)s1. The molecule has 4 heteroatoms. The summed E-state index contributed by atoms with van der Waals surface area (Å²) in [5.74, 6) is -0.752. The molecule has 0 amide bonds. The van der Waals surface area contributed by atoms with E-state index < -0.39 is 5.97 Å². The van der Waals surface area contributed by atoms with Crippen molar-refractivity contribution in [1.82, 2.24) is 4.90 Å². The molecule has 17 heavy (non-hydrogen) atoms. The summed E-state index contributed by atoms with van der Waals surface area (Å²) >= 11 is 1.78. The normalized spacial score (nSPS) is 12.9. The highest BCUT2D eigenvalue weighted by Gasteiger charge is 2.16. The van der Waals surface area contributed by atoms with Crippen LogP contribution in [0.2, 0.25) is 0 Å². The Hall–Kier alpha value is -0.870. The second-order valence-corrected chi connectivity index (χ2v) is 5.53. The van der Waals surface area contributed by atoms with Gasteiger partial charge in [0.2, 0.25) is 0 Å². The Bertz CT molecular complexity index is 362. The van der Waals surface area contributed by atoms with Gasteiger partial charge in [-0.1, -0.05) is 13.8 Å². The lowest BCUT2D eigenvalue weighted by atomic mass is 10.2. The first-order chi connectivity index (χ1) is 8.06. The summed E-state index contributed by atoms with van der Waals surface area (Å²) in [5, 5.41) is 8.92. The highest BCUT2D eigenvalue weighted by molar-refractivity contribution is 7.11. The summed E-state index contributed by atoms with van der Waals surface area (Å²) < 4.78 is 0. The van der Waals surface area contributed by atoms with Crippen molar-refractivity contribution in [2.75, 3.05) is 6.54 Å². The molecule has 96 valence electrons. The number of carboxylic acids is 1. The van der Waals surface area contributed by atoms with E-state index in [0.717, 1.165) is 19.4 Å². The molecule has 0 saturated heterocycles. The van der Waals surface area contributed by atoms with Gasteiger partial charge in [-0.2, -0.15) is 0 Å². The summed E-state index contributed by atoms with van der Waals surface area (Å²) in [6.45, 7) is 7.17. The fourth-order valence-electron chi connectivity index (χ4n) is 1.70. The molecule has 0 aliphatic rings. The van der Waals surface area contributed by atoms with E-state index in [9.17, 15) is 4.79 Å². The first-order valence-corrected chi connectivity index (χ1v) is 6.91. The summed E-state index contributed by atoms with van der Waals surface area (Å²) in [6.07, 6.45) is 2.02. The molecule has 0 saturated carbocycles. The van der Waals surface area contributed by atoms with Crippen LogP contribution in [-0.4, -0.2) is 28.6 Å². The van der Waals surface area contributed by atoms with Crippen LogP contribution >= 0.6 is 11.3 Å². The minimum absolute atomic E-state index is 0.119. The van der Waals surface area contributed by atoms with Crippen molar-refractivity contribution in [2.24, 2.45) is 0 Å². The Morgan fingerprint density at radius 3 is 2.53 bits per heavy atom. The summed E-state index contributed by atoms with van der Waals surface area (Å²) in [6, 6.07) is 4.55. The summed E-state index contributed by atoms with van der Waals surface area (Å²) in [7, 11) is 0. The molecule has 1 N–H and O–H groups in total. The molecule has 0 aliphatic carbocycles. The smallest absolute Gasteiger partial charge is 0.317 e. The Kier molecular flexibility index (Phi) is 5.65. The minimum atomic E-state index is -0.752. The number of carbonyl (C=O) groups is 1. The zero-order valence-electron chi connectivity index (χ0n) is 10.8. The molecule has 0 bridgehead atoms. The second kappa shape index (κ2) is 6.77. The van der Waals surface area contributed by atoms with E-state index in [4.69, 9.17) is 5.11 Å². The molecule has 1 aromatic rings. The maximum atomic E-state index is 10.8. The van der Waals surface area contributed by atoms with Gasteiger partial charge in [0.25, 0.3) is 0 Å². The summed E-state index contributed by atoms with van der Waals surface area (Å²) in [5.41, 5.74) is 0. The van der Waals surface area contributed by atoms with E-state index in [1.165, 1.54) is 9.75 Å². The third-order valence-electron chi connectivity index (χ3n) is 2.98. The largest absolute Gasteiger partial charge is 0.480 e. The molecular weight excluding hydrogens is 234 g/mol.